The van der Waals surface area contributed by atoms with Gasteiger partial charge < -0.3 is 10.2 Å². The molecule has 0 unspecified atom stereocenters. The lowest BCUT2D eigenvalue weighted by Gasteiger charge is -2.32. The van der Waals surface area contributed by atoms with Gasteiger partial charge in [-0.2, -0.15) is 0 Å². The van der Waals surface area contributed by atoms with Crippen molar-refractivity contribution in [2.75, 3.05) is 17.1 Å². The number of anilines is 1. The Morgan fingerprint density at radius 1 is 1.11 bits per heavy atom. The van der Waals surface area contributed by atoms with Crippen molar-refractivity contribution in [2.45, 2.75) is 51.2 Å². The summed E-state index contributed by atoms with van der Waals surface area (Å²) >= 11 is 15.6. The number of benzene rings is 2. The topological polar surface area (TPSA) is 86.8 Å². The average Bonchev–Trinajstić information content (AvgIpc) is 3.26. The van der Waals surface area contributed by atoms with Crippen LogP contribution in [-0.4, -0.2) is 50.0 Å². The number of hydrogen-bond acceptors (Lipinski definition) is 4. The first kappa shape index (κ1) is 27.8. The number of nitrogens with one attached hydrogen (secondary N) is 1. The molecule has 2 amide bonds. The van der Waals surface area contributed by atoms with Crippen LogP contribution in [0.4, 0.5) is 5.69 Å². The minimum atomic E-state index is -3.86. The van der Waals surface area contributed by atoms with Gasteiger partial charge in [0.25, 0.3) is 0 Å². The molecule has 0 aliphatic heterocycles. The summed E-state index contributed by atoms with van der Waals surface area (Å²) in [6.07, 6.45) is 4.95. The zero-order valence-corrected chi connectivity index (χ0v) is 23.4. The minimum Gasteiger partial charge on any atom is -0.352 e. The van der Waals surface area contributed by atoms with E-state index < -0.39 is 28.5 Å². The molecule has 0 bridgehead atoms. The SMILES string of the molecule is C[C@H](C(=O)NC1CCCC1)N(Cc1cccc(Br)c1)C(=O)CN(c1cc(Cl)cc(Cl)c1)S(C)(=O)=O. The van der Waals surface area contributed by atoms with Crippen molar-refractivity contribution in [3.8, 4) is 0 Å². The quantitative estimate of drug-likeness (QED) is 0.436. The van der Waals surface area contributed by atoms with Crippen molar-refractivity contribution in [1.29, 1.82) is 0 Å². The Labute approximate surface area is 224 Å². The van der Waals surface area contributed by atoms with Crippen molar-refractivity contribution < 1.29 is 18.0 Å². The highest BCUT2D eigenvalue weighted by Gasteiger charge is 2.31. The number of halogens is 3. The van der Waals surface area contributed by atoms with Crippen LogP contribution < -0.4 is 9.62 Å². The van der Waals surface area contributed by atoms with Gasteiger partial charge in [0.15, 0.2) is 0 Å². The van der Waals surface area contributed by atoms with Crippen LogP contribution in [0.25, 0.3) is 0 Å². The van der Waals surface area contributed by atoms with E-state index in [4.69, 9.17) is 23.2 Å². The first-order chi connectivity index (χ1) is 16.4. The van der Waals surface area contributed by atoms with Crippen LogP contribution in [0.2, 0.25) is 10.0 Å². The summed E-state index contributed by atoms with van der Waals surface area (Å²) in [7, 11) is -3.86. The number of carbonyl (C=O) groups is 2. The lowest BCUT2D eigenvalue weighted by molar-refractivity contribution is -0.139. The molecule has 1 atom stereocenters. The summed E-state index contributed by atoms with van der Waals surface area (Å²) in [5.74, 6) is -0.794. The number of amides is 2. The molecule has 0 aromatic heterocycles. The fourth-order valence-corrected chi connectivity index (χ4v) is 5.90. The maximum atomic E-state index is 13.6. The first-order valence-corrected chi connectivity index (χ1v) is 14.6. The molecule has 2 aromatic carbocycles. The number of carbonyl (C=O) groups excluding carboxylic acids is 2. The zero-order chi connectivity index (χ0) is 25.8. The molecule has 1 aliphatic rings. The third-order valence-corrected chi connectivity index (χ3v) is 8.00. The Morgan fingerprint density at radius 3 is 2.31 bits per heavy atom. The van der Waals surface area contributed by atoms with E-state index in [1.54, 1.807) is 6.92 Å². The first-order valence-electron chi connectivity index (χ1n) is 11.2. The van der Waals surface area contributed by atoms with Crippen LogP contribution in [-0.2, 0) is 26.2 Å². The van der Waals surface area contributed by atoms with Gasteiger partial charge in [-0.25, -0.2) is 8.42 Å². The highest BCUT2D eigenvalue weighted by Crippen LogP contribution is 2.27. The highest BCUT2D eigenvalue weighted by molar-refractivity contribution is 9.10. The van der Waals surface area contributed by atoms with Gasteiger partial charge in [-0.15, -0.1) is 0 Å². The van der Waals surface area contributed by atoms with Gasteiger partial charge in [0.05, 0.1) is 11.9 Å². The molecule has 0 spiro atoms. The maximum absolute atomic E-state index is 13.6. The smallest absolute Gasteiger partial charge is 0.244 e. The largest absolute Gasteiger partial charge is 0.352 e. The van der Waals surface area contributed by atoms with Gasteiger partial charge in [0.2, 0.25) is 21.8 Å². The van der Waals surface area contributed by atoms with Crippen molar-refractivity contribution in [3.05, 3.63) is 62.5 Å². The Hall–Kier alpha value is -1.81. The van der Waals surface area contributed by atoms with E-state index in [0.717, 1.165) is 46.3 Å². The second kappa shape index (κ2) is 12.0. The number of sulfonamides is 1. The average molecular weight is 605 g/mol. The molecule has 1 N–H and O–H groups in total. The van der Waals surface area contributed by atoms with Crippen molar-refractivity contribution >= 4 is 66.7 Å². The van der Waals surface area contributed by atoms with Gasteiger partial charge in [-0.3, -0.25) is 13.9 Å². The van der Waals surface area contributed by atoms with Gasteiger partial charge >= 0.3 is 0 Å². The predicted octanol–water partition coefficient (Wildman–Crippen LogP) is 5.00. The number of hydrogen-bond donors (Lipinski definition) is 1. The molecule has 1 aliphatic carbocycles. The number of nitrogens with zero attached hydrogens (tertiary/aromatic N) is 2. The van der Waals surface area contributed by atoms with Crippen LogP contribution >= 0.6 is 39.1 Å². The lowest BCUT2D eigenvalue weighted by atomic mass is 10.1. The Bertz CT molecular complexity index is 1170. The molecule has 7 nitrogen and oxygen atoms in total. The van der Waals surface area contributed by atoms with Crippen LogP contribution in [0, 0.1) is 0 Å². The fraction of sp³-hybridized carbons (Fsp3) is 0.417. The van der Waals surface area contributed by atoms with E-state index in [0.29, 0.717) is 0 Å². The highest BCUT2D eigenvalue weighted by atomic mass is 79.9. The molecular formula is C24H28BrCl2N3O4S. The summed E-state index contributed by atoms with van der Waals surface area (Å²) in [6.45, 7) is 1.27. The number of rotatable bonds is 9. The van der Waals surface area contributed by atoms with E-state index in [-0.39, 0.29) is 34.2 Å². The molecule has 11 heteroatoms. The van der Waals surface area contributed by atoms with Gasteiger partial charge in [-0.05, 0) is 55.7 Å². The summed E-state index contributed by atoms with van der Waals surface area (Å²) in [5.41, 5.74) is 0.966. The monoisotopic (exact) mass is 603 g/mol. The molecule has 35 heavy (non-hydrogen) atoms. The van der Waals surface area contributed by atoms with Crippen molar-refractivity contribution in [3.63, 3.8) is 0 Å². The van der Waals surface area contributed by atoms with Crippen LogP contribution in [0.3, 0.4) is 0 Å². The predicted molar refractivity (Wildman–Crippen MR) is 143 cm³/mol. The summed E-state index contributed by atoms with van der Waals surface area (Å²) < 4.78 is 27.0. The molecule has 190 valence electrons. The van der Waals surface area contributed by atoms with E-state index in [1.165, 1.54) is 23.1 Å². The Morgan fingerprint density at radius 2 is 1.74 bits per heavy atom. The molecule has 1 fully saturated rings. The normalized spacial score (nSPS) is 15.0. The van der Waals surface area contributed by atoms with E-state index in [1.807, 2.05) is 24.3 Å². The van der Waals surface area contributed by atoms with Gasteiger partial charge in [0.1, 0.15) is 12.6 Å². The van der Waals surface area contributed by atoms with E-state index >= 15 is 0 Å². The minimum absolute atomic E-state index is 0.0916. The van der Waals surface area contributed by atoms with E-state index in [2.05, 4.69) is 21.2 Å². The van der Waals surface area contributed by atoms with Gasteiger partial charge in [0, 0.05) is 27.1 Å². The Kier molecular flexibility index (Phi) is 9.48. The third kappa shape index (κ3) is 7.84. The summed E-state index contributed by atoms with van der Waals surface area (Å²) in [4.78, 5) is 28.0. The molecule has 3 rings (SSSR count). The van der Waals surface area contributed by atoms with Crippen molar-refractivity contribution in [2.24, 2.45) is 0 Å². The van der Waals surface area contributed by atoms with Crippen LogP contribution in [0.1, 0.15) is 38.2 Å². The van der Waals surface area contributed by atoms with Crippen LogP contribution in [0.5, 0.6) is 0 Å². The molecular weight excluding hydrogens is 577 g/mol. The standard InChI is InChI=1S/C24H28BrCl2N3O4S/c1-16(24(32)28-21-8-3-4-9-21)29(14-17-6-5-7-18(25)10-17)23(31)15-30(35(2,33)34)22-12-19(26)11-20(27)13-22/h5-7,10-13,16,21H,3-4,8-9,14-15H2,1-2H3,(H,28,32)/t16-/m1/s1. The summed E-state index contributed by atoms with van der Waals surface area (Å²) in [5, 5.41) is 3.51. The van der Waals surface area contributed by atoms with Gasteiger partial charge in [-0.1, -0.05) is 64.1 Å². The summed E-state index contributed by atoms with van der Waals surface area (Å²) in [6, 6.07) is 11.0. The van der Waals surface area contributed by atoms with Crippen molar-refractivity contribution in [1.82, 2.24) is 10.2 Å². The molecule has 0 radical (unpaired) electrons. The lowest BCUT2D eigenvalue weighted by Crippen LogP contribution is -2.52. The second-order valence-electron chi connectivity index (χ2n) is 8.71. The Balaban J connectivity index is 1.90. The molecule has 0 saturated heterocycles. The van der Waals surface area contributed by atoms with Crippen LogP contribution in [0.15, 0.2) is 46.9 Å². The second-order valence-corrected chi connectivity index (χ2v) is 12.4. The maximum Gasteiger partial charge on any atom is 0.244 e. The zero-order valence-electron chi connectivity index (χ0n) is 19.5. The van der Waals surface area contributed by atoms with E-state index in [9.17, 15) is 18.0 Å². The third-order valence-electron chi connectivity index (χ3n) is 5.93. The molecule has 1 saturated carbocycles. The molecule has 2 aromatic rings. The fourth-order valence-electron chi connectivity index (χ4n) is 4.10. The molecule has 0 heterocycles.